The van der Waals surface area contributed by atoms with Crippen LogP contribution in [0.25, 0.3) is 0 Å². The Hall–Kier alpha value is -3.06. The molecule has 0 saturated carbocycles. The number of nitrogens with two attached hydrogens (primary N) is 1. The van der Waals surface area contributed by atoms with Gasteiger partial charge in [-0.2, -0.15) is 4.39 Å². The summed E-state index contributed by atoms with van der Waals surface area (Å²) < 4.78 is 37.1. The van der Waals surface area contributed by atoms with E-state index in [1.165, 1.54) is 38.6 Å². The Balaban J connectivity index is 2.05. The average molecular weight is 427 g/mol. The maximum absolute atomic E-state index is 13.9. The molecule has 2 aliphatic heterocycles. The van der Waals surface area contributed by atoms with Crippen molar-refractivity contribution < 1.29 is 37.7 Å². The number of aromatic nitrogens is 2. The number of hydrogen-bond acceptors (Lipinski definition) is 11. The number of aliphatic imine (C=N–C) groups is 1. The smallest absolute Gasteiger partial charge is 0.303 e. The Labute approximate surface area is 170 Å². The Kier molecular flexibility index (Phi) is 5.76. The molecule has 13 heteroatoms. The van der Waals surface area contributed by atoms with Gasteiger partial charge >= 0.3 is 17.9 Å². The second kappa shape index (κ2) is 7.99. The quantitative estimate of drug-likeness (QED) is 0.381. The van der Waals surface area contributed by atoms with Crippen molar-refractivity contribution in [3.05, 3.63) is 12.0 Å². The Bertz CT molecular complexity index is 903. The third-order valence-electron chi connectivity index (χ3n) is 4.63. The lowest BCUT2D eigenvalue weighted by Gasteiger charge is -2.34. The molecular weight excluding hydrogens is 405 g/mol. The second-order valence-corrected chi connectivity index (χ2v) is 7.01. The lowest BCUT2D eigenvalue weighted by atomic mass is 9.95. The molecule has 2 aliphatic rings. The van der Waals surface area contributed by atoms with Gasteiger partial charge in [0.1, 0.15) is 30.4 Å². The van der Waals surface area contributed by atoms with Crippen LogP contribution in [0.2, 0.25) is 0 Å². The topological polar surface area (TPSA) is 156 Å². The van der Waals surface area contributed by atoms with Crippen LogP contribution >= 0.6 is 0 Å². The fourth-order valence-electron chi connectivity index (χ4n) is 3.55. The molecule has 1 fully saturated rings. The van der Waals surface area contributed by atoms with Crippen LogP contribution in [-0.4, -0.2) is 58.0 Å². The standard InChI is InChI=1S/C17H22FN5O7/c1-7(24)27-5-10-12(28-8(2)25)17(4,30-9(3)26)15(29-10)23-6-20-11-13(19)21-16(18)22-14(11)23/h6,10,12-13,15H,5,19H2,1-4H3,(H,21,22)/t10-,12-,13?,15+,17+/m1/s1. The molecule has 3 rings (SSSR count). The zero-order valence-electron chi connectivity index (χ0n) is 16.7. The number of hydrogen-bond donors (Lipinski definition) is 2. The van der Waals surface area contributed by atoms with E-state index in [0.717, 1.165) is 0 Å². The summed E-state index contributed by atoms with van der Waals surface area (Å²) in [7, 11) is 0. The van der Waals surface area contributed by atoms with Crippen molar-refractivity contribution >= 4 is 29.8 Å². The first kappa shape index (κ1) is 21.6. The van der Waals surface area contributed by atoms with Crippen molar-refractivity contribution in [1.29, 1.82) is 0 Å². The molecule has 1 aromatic heterocycles. The summed E-state index contributed by atoms with van der Waals surface area (Å²) in [5, 5.41) is 2.42. The van der Waals surface area contributed by atoms with Crippen LogP contribution < -0.4 is 11.1 Å². The maximum atomic E-state index is 13.9. The summed E-state index contributed by atoms with van der Waals surface area (Å²) in [5.74, 6) is -1.79. The van der Waals surface area contributed by atoms with E-state index >= 15 is 0 Å². The molecule has 12 nitrogen and oxygen atoms in total. The molecule has 5 atom stereocenters. The average Bonchev–Trinajstić information content (AvgIpc) is 3.12. The minimum absolute atomic E-state index is 0.132. The number of fused-ring (bicyclic) bond motifs is 1. The van der Waals surface area contributed by atoms with Crippen molar-refractivity contribution in [1.82, 2.24) is 9.55 Å². The van der Waals surface area contributed by atoms with Crippen molar-refractivity contribution in [2.75, 3.05) is 11.9 Å². The molecular formula is C17H22FN5O7. The van der Waals surface area contributed by atoms with Gasteiger partial charge in [-0.15, -0.1) is 0 Å². The summed E-state index contributed by atoms with van der Waals surface area (Å²) in [4.78, 5) is 42.6. The number of ether oxygens (including phenoxy) is 4. The van der Waals surface area contributed by atoms with E-state index in [2.05, 4.69) is 15.3 Å². The van der Waals surface area contributed by atoms with Gasteiger partial charge in [-0.25, -0.2) is 9.98 Å². The van der Waals surface area contributed by atoms with Crippen LogP contribution in [0.15, 0.2) is 11.3 Å². The SMILES string of the molecule is CC(=O)OC[C@H]1O[C@H](n2cnc3c2NC(F)=NC3N)[C@@](C)(OC(C)=O)[C@@H]1OC(C)=O. The Morgan fingerprint density at radius 2 is 2.00 bits per heavy atom. The van der Waals surface area contributed by atoms with Gasteiger partial charge in [0, 0.05) is 20.8 Å². The summed E-state index contributed by atoms with van der Waals surface area (Å²) in [6.07, 6.45) is -3.94. The fraction of sp³-hybridized carbons (Fsp3) is 0.588. The third kappa shape index (κ3) is 3.98. The number of esters is 3. The van der Waals surface area contributed by atoms with Crippen LogP contribution in [0.4, 0.5) is 10.2 Å². The van der Waals surface area contributed by atoms with Gasteiger partial charge in [-0.05, 0) is 6.92 Å². The number of rotatable bonds is 5. The monoisotopic (exact) mass is 427 g/mol. The van der Waals surface area contributed by atoms with Crippen LogP contribution in [0, 0.1) is 0 Å². The minimum atomic E-state index is -1.58. The van der Waals surface area contributed by atoms with E-state index in [4.69, 9.17) is 24.7 Å². The highest BCUT2D eigenvalue weighted by Crippen LogP contribution is 2.45. The molecule has 3 N–H and O–H groups in total. The fourth-order valence-corrected chi connectivity index (χ4v) is 3.55. The molecule has 0 aliphatic carbocycles. The lowest BCUT2D eigenvalue weighted by Crippen LogP contribution is -2.50. The molecule has 0 radical (unpaired) electrons. The van der Waals surface area contributed by atoms with Gasteiger partial charge in [0.2, 0.25) is 0 Å². The number of carbonyl (C=O) groups is 3. The predicted molar refractivity (Wildman–Crippen MR) is 97.6 cm³/mol. The second-order valence-electron chi connectivity index (χ2n) is 7.01. The van der Waals surface area contributed by atoms with Crippen LogP contribution in [0.1, 0.15) is 45.8 Å². The first-order chi connectivity index (χ1) is 14.0. The summed E-state index contributed by atoms with van der Waals surface area (Å²) in [5.41, 5.74) is 4.46. The number of nitrogens with one attached hydrogen (secondary N) is 1. The van der Waals surface area contributed by atoms with Crippen molar-refractivity contribution in [2.45, 2.75) is 57.9 Å². The number of amidine groups is 1. The molecule has 1 unspecified atom stereocenters. The van der Waals surface area contributed by atoms with E-state index in [9.17, 15) is 18.8 Å². The van der Waals surface area contributed by atoms with Gasteiger partial charge in [-0.1, -0.05) is 0 Å². The zero-order valence-corrected chi connectivity index (χ0v) is 16.7. The van der Waals surface area contributed by atoms with Crippen LogP contribution in [-0.2, 0) is 33.3 Å². The lowest BCUT2D eigenvalue weighted by molar-refractivity contribution is -0.184. The summed E-state index contributed by atoms with van der Waals surface area (Å²) in [6.45, 7) is 4.77. The minimum Gasteiger partial charge on any atom is -0.463 e. The van der Waals surface area contributed by atoms with E-state index < -0.39 is 54.2 Å². The van der Waals surface area contributed by atoms with E-state index in [1.807, 2.05) is 0 Å². The highest BCUT2D eigenvalue weighted by molar-refractivity contribution is 5.89. The van der Waals surface area contributed by atoms with Gasteiger partial charge in [0.25, 0.3) is 6.09 Å². The Morgan fingerprint density at radius 1 is 1.30 bits per heavy atom. The molecule has 0 aromatic carbocycles. The zero-order chi connectivity index (χ0) is 22.2. The summed E-state index contributed by atoms with van der Waals surface area (Å²) in [6, 6.07) is 0. The largest absolute Gasteiger partial charge is 0.463 e. The molecule has 1 saturated heterocycles. The normalized spacial score (nSPS) is 30.0. The maximum Gasteiger partial charge on any atom is 0.303 e. The molecule has 0 spiro atoms. The van der Waals surface area contributed by atoms with Crippen molar-refractivity contribution in [3.8, 4) is 0 Å². The number of halogens is 1. The van der Waals surface area contributed by atoms with E-state index in [1.54, 1.807) is 0 Å². The van der Waals surface area contributed by atoms with Crippen molar-refractivity contribution in [3.63, 3.8) is 0 Å². The van der Waals surface area contributed by atoms with Gasteiger partial charge in [0.15, 0.2) is 17.9 Å². The highest BCUT2D eigenvalue weighted by Gasteiger charge is 2.60. The number of imidazole rings is 1. The third-order valence-corrected chi connectivity index (χ3v) is 4.63. The molecule has 30 heavy (non-hydrogen) atoms. The van der Waals surface area contributed by atoms with Crippen molar-refractivity contribution in [2.24, 2.45) is 10.7 Å². The number of nitrogens with zero attached hydrogens (tertiary/aromatic N) is 3. The predicted octanol–water partition coefficient (Wildman–Crippen LogP) is 0.305. The summed E-state index contributed by atoms with van der Waals surface area (Å²) >= 11 is 0. The highest BCUT2D eigenvalue weighted by atomic mass is 19.1. The van der Waals surface area contributed by atoms with Crippen LogP contribution in [0.3, 0.4) is 0 Å². The molecule has 164 valence electrons. The first-order valence-corrected chi connectivity index (χ1v) is 9.01. The molecule has 0 bridgehead atoms. The number of carbonyl (C=O) groups excluding carboxylic acids is 3. The molecule has 1 aromatic rings. The van der Waals surface area contributed by atoms with E-state index in [0.29, 0.717) is 0 Å². The van der Waals surface area contributed by atoms with Crippen LogP contribution in [0.5, 0.6) is 0 Å². The first-order valence-electron chi connectivity index (χ1n) is 9.01. The van der Waals surface area contributed by atoms with E-state index in [-0.39, 0.29) is 18.1 Å². The Morgan fingerprint density at radius 3 is 2.60 bits per heavy atom. The molecule has 0 amide bonds. The van der Waals surface area contributed by atoms with Gasteiger partial charge < -0.3 is 30.0 Å². The number of anilines is 1. The van der Waals surface area contributed by atoms with Gasteiger partial charge in [0.05, 0.1) is 6.33 Å². The molecule has 3 heterocycles. The van der Waals surface area contributed by atoms with Gasteiger partial charge in [-0.3, -0.25) is 19.0 Å².